The number of nitrogens with zero attached hydrogens (tertiary/aromatic N) is 1. The highest BCUT2D eigenvalue weighted by atomic mass is 16.5. The highest BCUT2D eigenvalue weighted by Gasteiger charge is 2.32. The van der Waals surface area contributed by atoms with Gasteiger partial charge in [0.1, 0.15) is 11.3 Å². The average molecular weight is 367 g/mol. The minimum atomic E-state index is -1.03. The number of hydrogen-bond acceptors (Lipinski definition) is 3. The van der Waals surface area contributed by atoms with Crippen molar-refractivity contribution in [3.05, 3.63) is 59.2 Å². The van der Waals surface area contributed by atoms with Gasteiger partial charge in [-0.05, 0) is 40.8 Å². The molecule has 1 saturated heterocycles. The second-order valence-corrected chi connectivity index (χ2v) is 7.97. The molecule has 0 spiro atoms. The van der Waals surface area contributed by atoms with E-state index < -0.39 is 5.97 Å². The Balaban J connectivity index is 1.82. The predicted octanol–water partition coefficient (Wildman–Crippen LogP) is 4.21. The number of carbonyl (C=O) groups excluding carboxylic acids is 1. The maximum Gasteiger partial charge on any atom is 0.339 e. The maximum absolute atomic E-state index is 12.6. The van der Waals surface area contributed by atoms with E-state index in [1.54, 1.807) is 23.1 Å². The lowest BCUT2D eigenvalue weighted by molar-refractivity contribution is -0.117. The fourth-order valence-corrected chi connectivity index (χ4v) is 3.46. The lowest BCUT2D eigenvalue weighted by Gasteiger charge is -2.22. The van der Waals surface area contributed by atoms with Crippen LogP contribution in [0.25, 0.3) is 0 Å². The van der Waals surface area contributed by atoms with Crippen LogP contribution in [0.3, 0.4) is 0 Å². The van der Waals surface area contributed by atoms with Crippen LogP contribution in [0.2, 0.25) is 0 Å². The van der Waals surface area contributed by atoms with Gasteiger partial charge in [0, 0.05) is 24.6 Å². The number of carboxylic acids is 1. The van der Waals surface area contributed by atoms with Crippen molar-refractivity contribution in [3.8, 4) is 5.75 Å². The van der Waals surface area contributed by atoms with Crippen LogP contribution in [0.1, 0.15) is 54.6 Å². The molecule has 0 aromatic heterocycles. The van der Waals surface area contributed by atoms with Crippen molar-refractivity contribution in [1.82, 2.24) is 0 Å². The van der Waals surface area contributed by atoms with E-state index in [0.717, 1.165) is 11.3 Å². The smallest absolute Gasteiger partial charge is 0.339 e. The van der Waals surface area contributed by atoms with Gasteiger partial charge in [-0.3, -0.25) is 4.79 Å². The first-order valence-electron chi connectivity index (χ1n) is 9.03. The molecule has 2 aromatic carbocycles. The molecule has 1 atom stereocenters. The summed E-state index contributed by atoms with van der Waals surface area (Å²) < 4.78 is 5.21. The van der Waals surface area contributed by atoms with E-state index >= 15 is 0 Å². The number of aromatic carboxylic acids is 1. The van der Waals surface area contributed by atoms with Gasteiger partial charge in [0.25, 0.3) is 0 Å². The summed E-state index contributed by atoms with van der Waals surface area (Å²) in [7, 11) is 1.45. The fraction of sp³-hybridized carbons (Fsp3) is 0.364. The highest BCUT2D eigenvalue weighted by molar-refractivity contribution is 5.96. The van der Waals surface area contributed by atoms with Crippen LogP contribution >= 0.6 is 0 Å². The Morgan fingerprint density at radius 3 is 2.37 bits per heavy atom. The molecule has 1 aliphatic heterocycles. The Morgan fingerprint density at radius 2 is 1.81 bits per heavy atom. The summed E-state index contributed by atoms with van der Waals surface area (Å²) in [4.78, 5) is 25.6. The molecular weight excluding hydrogens is 342 g/mol. The van der Waals surface area contributed by atoms with Crippen molar-refractivity contribution in [1.29, 1.82) is 0 Å². The molecule has 0 saturated carbocycles. The minimum Gasteiger partial charge on any atom is -0.496 e. The van der Waals surface area contributed by atoms with E-state index in [0.29, 0.717) is 18.7 Å². The van der Waals surface area contributed by atoms with Crippen LogP contribution in [0.5, 0.6) is 5.75 Å². The topological polar surface area (TPSA) is 66.8 Å². The molecule has 1 N–H and O–H groups in total. The van der Waals surface area contributed by atoms with E-state index in [1.165, 1.54) is 12.7 Å². The quantitative estimate of drug-likeness (QED) is 0.879. The normalized spacial score (nSPS) is 17.3. The number of ether oxygens (including phenoxy) is 1. The molecule has 0 aliphatic carbocycles. The van der Waals surface area contributed by atoms with Crippen molar-refractivity contribution in [3.63, 3.8) is 0 Å². The molecule has 142 valence electrons. The van der Waals surface area contributed by atoms with Crippen LogP contribution in [0.15, 0.2) is 42.5 Å². The van der Waals surface area contributed by atoms with E-state index in [1.807, 2.05) is 12.1 Å². The van der Waals surface area contributed by atoms with Crippen molar-refractivity contribution in [2.24, 2.45) is 0 Å². The standard InChI is InChI=1S/C22H25NO4/c1-22(2,3)16-6-8-17(9-7-16)23-13-15(12-20(23)24)14-5-10-18(21(25)26)19(11-14)27-4/h5-11,15H,12-13H2,1-4H3,(H,25,26)/t15-/m0/s1. The molecule has 0 radical (unpaired) electrons. The highest BCUT2D eigenvalue weighted by Crippen LogP contribution is 2.35. The Kier molecular flexibility index (Phi) is 4.96. The SMILES string of the molecule is COc1cc([C@H]2CC(=O)N(c3ccc(C(C)(C)C)cc3)C2)ccc1C(=O)O. The molecule has 2 aromatic rings. The number of carboxylic acid groups (broad SMARTS) is 1. The van der Waals surface area contributed by atoms with Gasteiger partial charge < -0.3 is 14.7 Å². The number of rotatable bonds is 4. The Hall–Kier alpha value is -2.82. The number of carbonyl (C=O) groups is 2. The third-order valence-electron chi connectivity index (χ3n) is 5.10. The number of amides is 1. The maximum atomic E-state index is 12.6. The molecule has 0 bridgehead atoms. The monoisotopic (exact) mass is 367 g/mol. The average Bonchev–Trinajstić information content (AvgIpc) is 3.02. The van der Waals surface area contributed by atoms with Gasteiger partial charge in [-0.2, -0.15) is 0 Å². The molecule has 1 fully saturated rings. The summed E-state index contributed by atoms with van der Waals surface area (Å²) in [5.41, 5.74) is 3.23. The second-order valence-electron chi connectivity index (χ2n) is 7.97. The van der Waals surface area contributed by atoms with Gasteiger partial charge in [-0.15, -0.1) is 0 Å². The van der Waals surface area contributed by atoms with Crippen LogP contribution in [-0.4, -0.2) is 30.6 Å². The summed E-state index contributed by atoms with van der Waals surface area (Å²) in [5, 5.41) is 9.22. The molecule has 3 rings (SSSR count). The largest absolute Gasteiger partial charge is 0.496 e. The summed E-state index contributed by atoms with van der Waals surface area (Å²) in [6.07, 6.45) is 0.399. The third kappa shape index (κ3) is 3.82. The number of benzene rings is 2. The molecule has 5 heteroatoms. The second kappa shape index (κ2) is 7.06. The van der Waals surface area contributed by atoms with E-state index in [2.05, 4.69) is 32.9 Å². The van der Waals surface area contributed by atoms with Gasteiger partial charge >= 0.3 is 5.97 Å². The zero-order valence-corrected chi connectivity index (χ0v) is 16.2. The van der Waals surface area contributed by atoms with Gasteiger partial charge in [0.15, 0.2) is 0 Å². The van der Waals surface area contributed by atoms with E-state index in [4.69, 9.17) is 4.74 Å². The summed E-state index contributed by atoms with van der Waals surface area (Å²) in [6, 6.07) is 13.2. The third-order valence-corrected chi connectivity index (χ3v) is 5.10. The van der Waals surface area contributed by atoms with E-state index in [9.17, 15) is 14.7 Å². The predicted molar refractivity (Wildman–Crippen MR) is 105 cm³/mol. The van der Waals surface area contributed by atoms with Crippen molar-refractivity contribution in [2.45, 2.75) is 38.5 Å². The number of hydrogen-bond donors (Lipinski definition) is 1. The summed E-state index contributed by atoms with van der Waals surface area (Å²) >= 11 is 0. The van der Waals surface area contributed by atoms with Crippen molar-refractivity contribution >= 4 is 17.6 Å². The molecular formula is C22H25NO4. The number of methoxy groups -OCH3 is 1. The van der Waals surface area contributed by atoms with Gasteiger partial charge in [-0.25, -0.2) is 4.79 Å². The van der Waals surface area contributed by atoms with Gasteiger partial charge in [0.2, 0.25) is 5.91 Å². The lowest BCUT2D eigenvalue weighted by atomic mass is 9.87. The van der Waals surface area contributed by atoms with Gasteiger partial charge in [0.05, 0.1) is 7.11 Å². The Morgan fingerprint density at radius 1 is 1.15 bits per heavy atom. The molecule has 1 heterocycles. The van der Waals surface area contributed by atoms with Gasteiger partial charge in [-0.1, -0.05) is 39.0 Å². The minimum absolute atomic E-state index is 0.0107. The van der Waals surface area contributed by atoms with Crippen LogP contribution in [0.4, 0.5) is 5.69 Å². The molecule has 5 nitrogen and oxygen atoms in total. The van der Waals surface area contributed by atoms with E-state index in [-0.39, 0.29) is 22.8 Å². The first-order valence-corrected chi connectivity index (χ1v) is 9.03. The van der Waals surface area contributed by atoms with Crippen LogP contribution in [-0.2, 0) is 10.2 Å². The molecule has 27 heavy (non-hydrogen) atoms. The lowest BCUT2D eigenvalue weighted by Crippen LogP contribution is -2.24. The zero-order chi connectivity index (χ0) is 19.8. The molecule has 1 aliphatic rings. The Labute approximate surface area is 159 Å². The zero-order valence-electron chi connectivity index (χ0n) is 16.2. The summed E-state index contributed by atoms with van der Waals surface area (Å²) in [5.74, 6) is -0.622. The van der Waals surface area contributed by atoms with Crippen molar-refractivity contribution in [2.75, 3.05) is 18.6 Å². The fourth-order valence-electron chi connectivity index (χ4n) is 3.46. The summed E-state index contributed by atoms with van der Waals surface area (Å²) in [6.45, 7) is 7.05. The molecule has 0 unspecified atom stereocenters. The molecule has 1 amide bonds. The number of anilines is 1. The first kappa shape index (κ1) is 19.0. The van der Waals surface area contributed by atoms with Crippen molar-refractivity contribution < 1.29 is 19.4 Å². The van der Waals surface area contributed by atoms with Crippen LogP contribution in [0, 0.1) is 0 Å². The van der Waals surface area contributed by atoms with Crippen LogP contribution < -0.4 is 9.64 Å². The first-order chi connectivity index (χ1) is 12.7. The Bertz CT molecular complexity index is 865.